The highest BCUT2D eigenvalue weighted by molar-refractivity contribution is 5.95. The highest BCUT2D eigenvalue weighted by Gasteiger charge is 2.10. The van der Waals surface area contributed by atoms with Gasteiger partial charge in [-0.05, 0) is 36.6 Å². The number of hydrogen-bond acceptors (Lipinski definition) is 3. The number of hydrogen-bond donors (Lipinski definition) is 2. The van der Waals surface area contributed by atoms with Crippen LogP contribution in [0, 0.1) is 6.92 Å². The Kier molecular flexibility index (Phi) is 6.74. The fraction of sp³-hybridized carbons (Fsp3) is 0.208. The molecule has 3 aromatic rings. The Morgan fingerprint density at radius 1 is 0.897 bits per heavy atom. The minimum atomic E-state index is -0.139. The lowest BCUT2D eigenvalue weighted by molar-refractivity contribution is -0.121. The summed E-state index contributed by atoms with van der Waals surface area (Å²) in [5.74, 6) is -0.0973. The number of amides is 2. The van der Waals surface area contributed by atoms with Crippen molar-refractivity contribution < 1.29 is 9.59 Å². The monoisotopic (exact) mass is 387 g/mol. The van der Waals surface area contributed by atoms with Gasteiger partial charge in [0, 0.05) is 25.6 Å². The zero-order valence-electron chi connectivity index (χ0n) is 16.7. The number of rotatable bonds is 7. The molecule has 0 saturated heterocycles. The molecule has 2 amide bonds. The third kappa shape index (κ3) is 5.51. The zero-order chi connectivity index (χ0) is 20.6. The Balaban J connectivity index is 1.55. The summed E-state index contributed by atoms with van der Waals surface area (Å²) in [6.45, 7) is 2.32. The normalized spacial score (nSPS) is 10.4. The van der Waals surface area contributed by atoms with Crippen molar-refractivity contribution in [3.8, 4) is 11.3 Å². The molecule has 0 aliphatic carbocycles. The smallest absolute Gasteiger partial charge is 0.252 e. The van der Waals surface area contributed by atoms with Crippen LogP contribution < -0.4 is 10.6 Å². The van der Waals surface area contributed by atoms with Crippen LogP contribution in [0.5, 0.6) is 0 Å². The Hall–Kier alpha value is -3.47. The van der Waals surface area contributed by atoms with Gasteiger partial charge in [-0.15, -0.1) is 0 Å². The molecule has 0 atom stereocenters. The van der Waals surface area contributed by atoms with Gasteiger partial charge in [-0.3, -0.25) is 14.6 Å². The number of nitrogens with one attached hydrogen (secondary N) is 2. The number of benzene rings is 2. The minimum absolute atomic E-state index is 0.0417. The summed E-state index contributed by atoms with van der Waals surface area (Å²) in [4.78, 5) is 28.4. The maximum absolute atomic E-state index is 12.1. The Bertz CT molecular complexity index is 983. The first-order chi connectivity index (χ1) is 14.1. The summed E-state index contributed by atoms with van der Waals surface area (Å²) in [5, 5.41) is 5.58. The van der Waals surface area contributed by atoms with Gasteiger partial charge in [0.25, 0.3) is 5.91 Å². The maximum atomic E-state index is 12.1. The van der Waals surface area contributed by atoms with Crippen LogP contribution >= 0.6 is 0 Å². The molecule has 0 unspecified atom stereocenters. The van der Waals surface area contributed by atoms with Gasteiger partial charge in [-0.25, -0.2) is 0 Å². The quantitative estimate of drug-likeness (QED) is 0.650. The van der Waals surface area contributed by atoms with E-state index in [2.05, 4.69) is 15.6 Å². The van der Waals surface area contributed by atoms with E-state index in [-0.39, 0.29) is 11.8 Å². The second kappa shape index (κ2) is 9.64. The lowest BCUT2D eigenvalue weighted by Crippen LogP contribution is -2.22. The predicted molar refractivity (Wildman–Crippen MR) is 114 cm³/mol. The molecule has 1 aromatic heterocycles. The van der Waals surface area contributed by atoms with Gasteiger partial charge in [0.1, 0.15) is 0 Å². The first-order valence-corrected chi connectivity index (χ1v) is 9.66. The molecule has 0 aliphatic heterocycles. The van der Waals surface area contributed by atoms with E-state index in [1.165, 1.54) is 0 Å². The van der Waals surface area contributed by atoms with Crippen LogP contribution in [0.15, 0.2) is 66.7 Å². The van der Waals surface area contributed by atoms with Crippen molar-refractivity contribution in [2.24, 2.45) is 0 Å². The van der Waals surface area contributed by atoms with Gasteiger partial charge < -0.3 is 10.6 Å². The van der Waals surface area contributed by atoms with Gasteiger partial charge in [0.15, 0.2) is 0 Å². The van der Waals surface area contributed by atoms with Crippen molar-refractivity contribution in [1.29, 1.82) is 0 Å². The molecule has 148 valence electrons. The van der Waals surface area contributed by atoms with Crippen molar-refractivity contribution in [2.75, 3.05) is 7.05 Å². The highest BCUT2D eigenvalue weighted by atomic mass is 16.2. The Morgan fingerprint density at radius 3 is 2.28 bits per heavy atom. The second-order valence-corrected chi connectivity index (χ2v) is 6.87. The Labute approximate surface area is 171 Å². The number of nitrogens with zero attached hydrogens (tertiary/aromatic N) is 1. The fourth-order valence-corrected chi connectivity index (χ4v) is 3.08. The molecule has 0 fully saturated rings. The summed E-state index contributed by atoms with van der Waals surface area (Å²) < 4.78 is 0. The van der Waals surface area contributed by atoms with Gasteiger partial charge in [0.2, 0.25) is 5.91 Å². The SMILES string of the molecule is CNC(=O)c1ccc(-c2ccc(CNC(=O)CCc3ccccc3)cc2)nc1C. The lowest BCUT2D eigenvalue weighted by atomic mass is 10.1. The Morgan fingerprint density at radius 2 is 1.62 bits per heavy atom. The molecule has 1 heterocycles. The van der Waals surface area contributed by atoms with Crippen molar-refractivity contribution in [3.63, 3.8) is 0 Å². The predicted octanol–water partition coefficient (Wildman–Crippen LogP) is 3.67. The van der Waals surface area contributed by atoms with E-state index in [0.29, 0.717) is 24.2 Å². The third-order valence-electron chi connectivity index (χ3n) is 4.78. The summed E-state index contributed by atoms with van der Waals surface area (Å²) in [7, 11) is 1.61. The van der Waals surface area contributed by atoms with Gasteiger partial charge in [-0.2, -0.15) is 0 Å². The van der Waals surface area contributed by atoms with E-state index in [1.54, 1.807) is 13.1 Å². The molecule has 2 aromatic carbocycles. The third-order valence-corrected chi connectivity index (χ3v) is 4.78. The van der Waals surface area contributed by atoms with Crippen LogP contribution in [0.25, 0.3) is 11.3 Å². The molecule has 2 N–H and O–H groups in total. The average Bonchev–Trinajstić information content (AvgIpc) is 2.76. The summed E-state index contributed by atoms with van der Waals surface area (Å²) in [6.07, 6.45) is 1.21. The number of carbonyl (C=O) groups is 2. The molecule has 3 rings (SSSR count). The number of pyridine rings is 1. The van der Waals surface area contributed by atoms with E-state index in [9.17, 15) is 9.59 Å². The van der Waals surface area contributed by atoms with Crippen molar-refractivity contribution in [2.45, 2.75) is 26.3 Å². The van der Waals surface area contributed by atoms with E-state index >= 15 is 0 Å². The van der Waals surface area contributed by atoms with E-state index in [4.69, 9.17) is 0 Å². The van der Waals surface area contributed by atoms with Crippen LogP contribution in [0.3, 0.4) is 0 Å². The standard InChI is InChI=1S/C24H25N3O2/c1-17-21(24(29)25-2)13-14-22(27-17)20-11-8-19(9-12-20)16-26-23(28)15-10-18-6-4-3-5-7-18/h3-9,11-14H,10,15-16H2,1-2H3,(H,25,29)(H,26,28). The first-order valence-electron chi connectivity index (χ1n) is 9.66. The van der Waals surface area contributed by atoms with Crippen LogP contribution in [-0.2, 0) is 17.8 Å². The highest BCUT2D eigenvalue weighted by Crippen LogP contribution is 2.20. The first kappa shape index (κ1) is 20.3. The fourth-order valence-electron chi connectivity index (χ4n) is 3.08. The molecule has 5 heteroatoms. The molecular weight excluding hydrogens is 362 g/mol. The lowest BCUT2D eigenvalue weighted by Gasteiger charge is -2.09. The van der Waals surface area contributed by atoms with Gasteiger partial charge in [-0.1, -0.05) is 54.6 Å². The summed E-state index contributed by atoms with van der Waals surface area (Å²) in [5.41, 5.74) is 5.24. The minimum Gasteiger partial charge on any atom is -0.355 e. The number of aromatic nitrogens is 1. The molecule has 0 bridgehead atoms. The van der Waals surface area contributed by atoms with Gasteiger partial charge >= 0.3 is 0 Å². The van der Waals surface area contributed by atoms with E-state index in [1.807, 2.05) is 67.6 Å². The molecule has 0 radical (unpaired) electrons. The molecule has 0 spiro atoms. The van der Waals surface area contributed by atoms with Crippen LogP contribution in [0.2, 0.25) is 0 Å². The van der Waals surface area contributed by atoms with Crippen molar-refractivity contribution >= 4 is 11.8 Å². The topological polar surface area (TPSA) is 71.1 Å². The van der Waals surface area contributed by atoms with Crippen molar-refractivity contribution in [3.05, 3.63) is 89.1 Å². The summed E-state index contributed by atoms with van der Waals surface area (Å²) >= 11 is 0. The molecular formula is C24H25N3O2. The zero-order valence-corrected chi connectivity index (χ0v) is 16.7. The van der Waals surface area contributed by atoms with Crippen LogP contribution in [0.1, 0.15) is 33.6 Å². The van der Waals surface area contributed by atoms with Crippen molar-refractivity contribution in [1.82, 2.24) is 15.6 Å². The van der Waals surface area contributed by atoms with Crippen LogP contribution in [0.4, 0.5) is 0 Å². The van der Waals surface area contributed by atoms with E-state index < -0.39 is 0 Å². The summed E-state index contributed by atoms with van der Waals surface area (Å²) in [6, 6.07) is 21.6. The molecule has 0 aliphatic rings. The van der Waals surface area contributed by atoms with E-state index in [0.717, 1.165) is 28.8 Å². The van der Waals surface area contributed by atoms with Gasteiger partial charge in [0.05, 0.1) is 17.0 Å². The number of carbonyl (C=O) groups excluding carboxylic acids is 2. The average molecular weight is 387 g/mol. The second-order valence-electron chi connectivity index (χ2n) is 6.87. The number of aryl methyl sites for hydroxylation is 2. The largest absolute Gasteiger partial charge is 0.355 e. The molecule has 5 nitrogen and oxygen atoms in total. The molecule has 29 heavy (non-hydrogen) atoms. The maximum Gasteiger partial charge on any atom is 0.252 e. The van der Waals surface area contributed by atoms with Crippen LogP contribution in [-0.4, -0.2) is 23.8 Å². The molecule has 0 saturated carbocycles.